The first-order chi connectivity index (χ1) is 9.98. The van der Waals surface area contributed by atoms with Gasteiger partial charge in [-0.2, -0.15) is 4.31 Å². The molecule has 0 aromatic carbocycles. The van der Waals surface area contributed by atoms with Crippen molar-refractivity contribution >= 4 is 10.0 Å². The van der Waals surface area contributed by atoms with Crippen molar-refractivity contribution in [2.24, 2.45) is 5.92 Å². The number of nitrogens with zero attached hydrogens (tertiary/aromatic N) is 1. The number of hydrogen-bond acceptors (Lipinski definition) is 4. The molecule has 0 radical (unpaired) electrons. The molecule has 5 nitrogen and oxygen atoms in total. The van der Waals surface area contributed by atoms with Gasteiger partial charge in [-0.25, -0.2) is 8.42 Å². The summed E-state index contributed by atoms with van der Waals surface area (Å²) in [5, 5.41) is 2.98. The molecule has 1 atom stereocenters. The highest BCUT2D eigenvalue weighted by Gasteiger charge is 2.30. The summed E-state index contributed by atoms with van der Waals surface area (Å²) in [6.07, 6.45) is 4.15. The van der Waals surface area contributed by atoms with Crippen LogP contribution >= 0.6 is 0 Å². The van der Waals surface area contributed by atoms with Crippen molar-refractivity contribution in [3.63, 3.8) is 0 Å². The Hall–Kier alpha value is -0.850. The molecule has 1 aliphatic heterocycles. The molecule has 0 amide bonds. The molecule has 1 N–H and O–H groups in total. The number of aryl methyl sites for hydroxylation is 1. The first-order valence-corrected chi connectivity index (χ1v) is 9.17. The van der Waals surface area contributed by atoms with Gasteiger partial charge in [-0.15, -0.1) is 0 Å². The van der Waals surface area contributed by atoms with Crippen LogP contribution in [0.2, 0.25) is 0 Å². The van der Waals surface area contributed by atoms with Crippen molar-refractivity contribution in [2.45, 2.75) is 51.0 Å². The summed E-state index contributed by atoms with van der Waals surface area (Å²) in [4.78, 5) is 0.322. The first-order valence-electron chi connectivity index (χ1n) is 7.73. The van der Waals surface area contributed by atoms with Crippen molar-refractivity contribution in [3.05, 3.63) is 17.6 Å². The smallest absolute Gasteiger partial charge is 0.246 e. The van der Waals surface area contributed by atoms with Crippen molar-refractivity contribution in [1.82, 2.24) is 9.62 Å². The molecular formula is C15H26N2O3S. The number of rotatable bonds is 5. The standard InChI is InChI=1S/C15H26N2O3S/c1-4-13-6-5-8-17(9-7-13)21(18,19)15-10-14(11-16-3)20-12(15)2/h10,13,16H,4-9,11H2,1-3H3. The fraction of sp³-hybridized carbons (Fsp3) is 0.733. The van der Waals surface area contributed by atoms with Gasteiger partial charge < -0.3 is 9.73 Å². The monoisotopic (exact) mass is 314 g/mol. The lowest BCUT2D eigenvalue weighted by atomic mass is 9.98. The topological polar surface area (TPSA) is 62.6 Å². The van der Waals surface area contributed by atoms with Crippen LogP contribution in [0.4, 0.5) is 0 Å². The molecule has 0 saturated carbocycles. The van der Waals surface area contributed by atoms with Crippen molar-refractivity contribution in [1.29, 1.82) is 0 Å². The summed E-state index contributed by atoms with van der Waals surface area (Å²) in [7, 11) is -1.62. The third-order valence-electron chi connectivity index (χ3n) is 4.28. The predicted molar refractivity (Wildman–Crippen MR) is 82.6 cm³/mol. The van der Waals surface area contributed by atoms with Crippen LogP contribution in [0.3, 0.4) is 0 Å². The Bertz CT molecular complexity index is 565. The van der Waals surface area contributed by atoms with Gasteiger partial charge in [0.05, 0.1) is 6.54 Å². The fourth-order valence-electron chi connectivity index (χ4n) is 2.97. The van der Waals surface area contributed by atoms with E-state index in [0.29, 0.717) is 42.0 Å². The second kappa shape index (κ2) is 6.94. The lowest BCUT2D eigenvalue weighted by Crippen LogP contribution is -2.32. The Morgan fingerprint density at radius 3 is 2.81 bits per heavy atom. The minimum absolute atomic E-state index is 0.322. The van der Waals surface area contributed by atoms with Crippen LogP contribution in [-0.4, -0.2) is 32.9 Å². The van der Waals surface area contributed by atoms with Gasteiger partial charge >= 0.3 is 0 Å². The zero-order chi connectivity index (χ0) is 15.5. The summed E-state index contributed by atoms with van der Waals surface area (Å²) < 4.78 is 32.8. The van der Waals surface area contributed by atoms with E-state index in [0.717, 1.165) is 25.7 Å². The van der Waals surface area contributed by atoms with Gasteiger partial charge in [0.2, 0.25) is 10.0 Å². The van der Waals surface area contributed by atoms with Gasteiger partial charge in [-0.1, -0.05) is 13.3 Å². The molecule has 0 spiro atoms. The second-order valence-corrected chi connectivity index (χ2v) is 7.68. The molecule has 0 bridgehead atoms. The molecule has 2 rings (SSSR count). The summed E-state index contributed by atoms with van der Waals surface area (Å²) in [5.41, 5.74) is 0. The van der Waals surface area contributed by atoms with E-state index in [1.807, 2.05) is 7.05 Å². The maximum Gasteiger partial charge on any atom is 0.246 e. The van der Waals surface area contributed by atoms with Crippen molar-refractivity contribution < 1.29 is 12.8 Å². The average molecular weight is 314 g/mol. The Morgan fingerprint density at radius 1 is 1.38 bits per heavy atom. The average Bonchev–Trinajstić information content (AvgIpc) is 2.68. The molecule has 1 aromatic heterocycles. The van der Waals surface area contributed by atoms with E-state index in [4.69, 9.17) is 4.42 Å². The van der Waals surface area contributed by atoms with E-state index < -0.39 is 10.0 Å². The maximum atomic E-state index is 12.8. The minimum atomic E-state index is -3.43. The highest BCUT2D eigenvalue weighted by molar-refractivity contribution is 7.89. The third-order valence-corrected chi connectivity index (χ3v) is 6.28. The van der Waals surface area contributed by atoms with Crippen LogP contribution in [0, 0.1) is 12.8 Å². The van der Waals surface area contributed by atoms with Gasteiger partial charge in [0.1, 0.15) is 16.4 Å². The Labute approximate surface area is 127 Å². The summed E-state index contributed by atoms with van der Waals surface area (Å²) in [6, 6.07) is 1.66. The zero-order valence-electron chi connectivity index (χ0n) is 13.2. The lowest BCUT2D eigenvalue weighted by Gasteiger charge is -2.19. The predicted octanol–water partition coefficient (Wildman–Crippen LogP) is 2.51. The quantitative estimate of drug-likeness (QED) is 0.907. The van der Waals surface area contributed by atoms with Gasteiger partial charge in [0.25, 0.3) is 0 Å². The van der Waals surface area contributed by atoms with Crippen LogP contribution in [0.15, 0.2) is 15.4 Å². The van der Waals surface area contributed by atoms with Crippen molar-refractivity contribution in [3.8, 4) is 0 Å². The largest absolute Gasteiger partial charge is 0.464 e. The van der Waals surface area contributed by atoms with E-state index in [9.17, 15) is 8.42 Å². The van der Waals surface area contributed by atoms with E-state index in [1.165, 1.54) is 0 Å². The van der Waals surface area contributed by atoms with E-state index in [2.05, 4.69) is 12.2 Å². The lowest BCUT2D eigenvalue weighted by molar-refractivity contribution is 0.405. The Kier molecular flexibility index (Phi) is 5.46. The second-order valence-electron chi connectivity index (χ2n) is 5.77. The minimum Gasteiger partial charge on any atom is -0.464 e. The van der Waals surface area contributed by atoms with Gasteiger partial charge in [0, 0.05) is 19.2 Å². The molecular weight excluding hydrogens is 288 g/mol. The molecule has 0 aliphatic carbocycles. The van der Waals surface area contributed by atoms with E-state index >= 15 is 0 Å². The normalized spacial score (nSPS) is 21.4. The van der Waals surface area contributed by atoms with Gasteiger partial charge in [-0.3, -0.25) is 0 Å². The van der Waals surface area contributed by atoms with Gasteiger partial charge in [0.15, 0.2) is 0 Å². The molecule has 1 aromatic rings. The first kappa shape index (κ1) is 16.5. The molecule has 21 heavy (non-hydrogen) atoms. The third kappa shape index (κ3) is 3.67. The van der Waals surface area contributed by atoms with E-state index in [-0.39, 0.29) is 0 Å². The molecule has 1 saturated heterocycles. The molecule has 6 heteroatoms. The molecule has 2 heterocycles. The van der Waals surface area contributed by atoms with Crippen LogP contribution in [-0.2, 0) is 16.6 Å². The Balaban J connectivity index is 2.21. The molecule has 1 unspecified atom stereocenters. The number of hydrogen-bond donors (Lipinski definition) is 1. The Morgan fingerprint density at radius 2 is 2.14 bits per heavy atom. The van der Waals surface area contributed by atoms with Crippen molar-refractivity contribution in [2.75, 3.05) is 20.1 Å². The summed E-state index contributed by atoms with van der Waals surface area (Å²) >= 11 is 0. The summed E-state index contributed by atoms with van der Waals surface area (Å²) in [5.74, 6) is 1.79. The van der Waals surface area contributed by atoms with Crippen LogP contribution in [0.25, 0.3) is 0 Å². The molecule has 1 aliphatic rings. The maximum absolute atomic E-state index is 12.8. The van der Waals surface area contributed by atoms with Crippen LogP contribution < -0.4 is 5.32 Å². The highest BCUT2D eigenvalue weighted by atomic mass is 32.2. The van der Waals surface area contributed by atoms with Gasteiger partial charge in [-0.05, 0) is 39.2 Å². The number of nitrogens with one attached hydrogen (secondary N) is 1. The fourth-order valence-corrected chi connectivity index (χ4v) is 4.65. The van der Waals surface area contributed by atoms with Crippen LogP contribution in [0.5, 0.6) is 0 Å². The van der Waals surface area contributed by atoms with E-state index in [1.54, 1.807) is 17.3 Å². The zero-order valence-corrected chi connectivity index (χ0v) is 14.0. The number of sulfonamides is 1. The highest BCUT2D eigenvalue weighted by Crippen LogP contribution is 2.28. The number of furan rings is 1. The SMILES string of the molecule is CCC1CCCN(S(=O)(=O)c2cc(CNC)oc2C)CC1. The molecule has 120 valence electrons. The summed E-state index contributed by atoms with van der Waals surface area (Å²) in [6.45, 7) is 5.67. The molecule has 1 fully saturated rings. The van der Waals surface area contributed by atoms with Crippen LogP contribution in [0.1, 0.15) is 44.1 Å².